The van der Waals surface area contributed by atoms with Crippen LogP contribution in [0.4, 0.5) is 5.69 Å². The number of benzene rings is 3. The molecule has 0 aromatic heterocycles. The molecule has 0 atom stereocenters. The summed E-state index contributed by atoms with van der Waals surface area (Å²) in [6.45, 7) is 0.494. The average Bonchev–Trinajstić information content (AvgIpc) is 2.81. The van der Waals surface area contributed by atoms with E-state index in [1.165, 1.54) is 0 Å². The van der Waals surface area contributed by atoms with Crippen molar-refractivity contribution in [2.24, 2.45) is 10.3 Å². The Kier molecular flexibility index (Phi) is 7.76. The van der Waals surface area contributed by atoms with Crippen LogP contribution in [0.25, 0.3) is 0 Å². The summed E-state index contributed by atoms with van der Waals surface area (Å²) in [5.41, 5.74) is 3.13. The smallest absolute Gasteiger partial charge is 0.119 e. The molecule has 0 heterocycles. The number of oxime groups is 2. The number of hydrogen-bond acceptors (Lipinski definition) is 6. The molecule has 0 radical (unpaired) electrons. The van der Waals surface area contributed by atoms with Gasteiger partial charge in [-0.15, -0.1) is 0 Å². The van der Waals surface area contributed by atoms with E-state index in [-0.39, 0.29) is 13.1 Å². The molecule has 0 aliphatic heterocycles. The molecular weight excluding hydrogens is 437 g/mol. The van der Waals surface area contributed by atoms with Gasteiger partial charge >= 0.3 is 0 Å². The zero-order valence-corrected chi connectivity index (χ0v) is 18.3. The highest BCUT2D eigenvalue weighted by molar-refractivity contribution is 6.31. The minimum atomic E-state index is 0.247. The highest BCUT2D eigenvalue weighted by Gasteiger charge is 2.17. The van der Waals surface area contributed by atoms with E-state index in [0.29, 0.717) is 27.2 Å². The van der Waals surface area contributed by atoms with Crippen LogP contribution in [-0.2, 0) is 0 Å². The second-order valence-electron chi connectivity index (χ2n) is 6.66. The highest BCUT2D eigenvalue weighted by atomic mass is 35.5. The number of methoxy groups -OCH3 is 1. The minimum Gasteiger partial charge on any atom is -0.497 e. The van der Waals surface area contributed by atoms with E-state index in [9.17, 15) is 10.4 Å². The minimum absolute atomic E-state index is 0.247. The second kappa shape index (κ2) is 10.7. The fraction of sp³-hybridized carbons (Fsp3) is 0.130. The summed E-state index contributed by atoms with van der Waals surface area (Å²) < 4.78 is 5.24. The Balaban J connectivity index is 1.93. The lowest BCUT2D eigenvalue weighted by atomic mass is 10.1. The molecule has 2 N–H and O–H groups in total. The van der Waals surface area contributed by atoms with Crippen molar-refractivity contribution in [2.45, 2.75) is 0 Å². The van der Waals surface area contributed by atoms with Crippen molar-refractivity contribution in [3.63, 3.8) is 0 Å². The van der Waals surface area contributed by atoms with Crippen LogP contribution in [0.5, 0.6) is 5.75 Å². The molecule has 0 unspecified atom stereocenters. The zero-order chi connectivity index (χ0) is 22.2. The monoisotopic (exact) mass is 457 g/mol. The molecule has 0 spiro atoms. The van der Waals surface area contributed by atoms with Crippen molar-refractivity contribution < 1.29 is 15.2 Å². The van der Waals surface area contributed by atoms with Crippen molar-refractivity contribution in [2.75, 3.05) is 25.1 Å². The maximum absolute atomic E-state index is 9.68. The maximum atomic E-state index is 9.68. The molecular formula is C23H21Cl2N3O3. The molecule has 31 heavy (non-hydrogen) atoms. The van der Waals surface area contributed by atoms with Gasteiger partial charge in [-0.2, -0.15) is 0 Å². The third-order valence-corrected chi connectivity index (χ3v) is 5.22. The van der Waals surface area contributed by atoms with Crippen LogP contribution in [0.15, 0.2) is 83.1 Å². The van der Waals surface area contributed by atoms with Crippen LogP contribution >= 0.6 is 23.2 Å². The third-order valence-electron chi connectivity index (χ3n) is 4.72. The molecule has 3 rings (SSSR count). The fourth-order valence-corrected chi connectivity index (χ4v) is 3.29. The summed E-state index contributed by atoms with van der Waals surface area (Å²) in [6.07, 6.45) is 0. The second-order valence-corrected chi connectivity index (χ2v) is 7.53. The van der Waals surface area contributed by atoms with Gasteiger partial charge in [0.05, 0.1) is 20.2 Å². The predicted octanol–water partition coefficient (Wildman–Crippen LogP) is 5.57. The Morgan fingerprint density at radius 1 is 0.742 bits per heavy atom. The van der Waals surface area contributed by atoms with Gasteiger partial charge in [0.15, 0.2) is 0 Å². The van der Waals surface area contributed by atoms with E-state index in [2.05, 4.69) is 10.3 Å². The third kappa shape index (κ3) is 5.90. The van der Waals surface area contributed by atoms with Crippen molar-refractivity contribution >= 4 is 40.3 Å². The number of nitrogens with zero attached hydrogens (tertiary/aromatic N) is 3. The van der Waals surface area contributed by atoms with Crippen molar-refractivity contribution in [1.82, 2.24) is 0 Å². The Bertz CT molecular complexity index is 987. The van der Waals surface area contributed by atoms with Crippen LogP contribution < -0.4 is 9.64 Å². The number of rotatable bonds is 8. The van der Waals surface area contributed by atoms with Gasteiger partial charge in [0.1, 0.15) is 17.2 Å². The van der Waals surface area contributed by atoms with Crippen LogP contribution in [0, 0.1) is 0 Å². The molecule has 0 amide bonds. The van der Waals surface area contributed by atoms with Crippen molar-refractivity contribution in [1.29, 1.82) is 0 Å². The van der Waals surface area contributed by atoms with E-state index >= 15 is 0 Å². The van der Waals surface area contributed by atoms with E-state index in [1.807, 2.05) is 29.2 Å². The lowest BCUT2D eigenvalue weighted by Gasteiger charge is -2.26. The van der Waals surface area contributed by atoms with E-state index in [0.717, 1.165) is 16.8 Å². The normalized spacial score (nSPS) is 12.0. The summed E-state index contributed by atoms with van der Waals surface area (Å²) in [7, 11) is 1.60. The van der Waals surface area contributed by atoms with Gasteiger partial charge in [0.25, 0.3) is 0 Å². The topological polar surface area (TPSA) is 77.7 Å². The SMILES string of the molecule is COc1ccc(N(C/C(=N/O)c2ccc(Cl)cc2)C/C(=N/O)c2ccc(Cl)cc2)cc1. The lowest BCUT2D eigenvalue weighted by Crippen LogP contribution is -2.35. The van der Waals surface area contributed by atoms with Gasteiger partial charge in [-0.1, -0.05) is 57.8 Å². The summed E-state index contributed by atoms with van der Waals surface area (Å²) in [4.78, 5) is 1.92. The van der Waals surface area contributed by atoms with Crippen LogP contribution in [-0.4, -0.2) is 42.0 Å². The number of halogens is 2. The highest BCUT2D eigenvalue weighted by Crippen LogP contribution is 2.21. The maximum Gasteiger partial charge on any atom is 0.119 e. The first-order valence-electron chi connectivity index (χ1n) is 9.36. The number of hydrogen-bond donors (Lipinski definition) is 2. The molecule has 0 fully saturated rings. The Morgan fingerprint density at radius 3 is 1.52 bits per heavy atom. The number of anilines is 1. The predicted molar refractivity (Wildman–Crippen MR) is 125 cm³/mol. The van der Waals surface area contributed by atoms with Gasteiger partial charge in [0, 0.05) is 26.9 Å². The summed E-state index contributed by atoms with van der Waals surface area (Å²) in [5.74, 6) is 0.714. The first-order chi connectivity index (χ1) is 15.0. The molecule has 0 saturated heterocycles. The standard InChI is InChI=1S/C23H21Cl2N3O3/c1-31-21-12-10-20(11-13-21)28(14-22(26-29)16-2-6-18(24)7-3-16)15-23(27-30)17-4-8-19(25)9-5-17/h2-13,29-30H,14-15H2,1H3/b26-22-,27-23-. The van der Waals surface area contributed by atoms with Crippen LogP contribution in [0.3, 0.4) is 0 Å². The van der Waals surface area contributed by atoms with Crippen LogP contribution in [0.1, 0.15) is 11.1 Å². The Hall–Kier alpha value is -3.22. The average molecular weight is 458 g/mol. The molecule has 0 saturated carbocycles. The molecule has 8 heteroatoms. The fourth-order valence-electron chi connectivity index (χ4n) is 3.04. The zero-order valence-electron chi connectivity index (χ0n) is 16.7. The molecule has 0 bridgehead atoms. The molecule has 0 aliphatic carbocycles. The van der Waals surface area contributed by atoms with E-state index in [1.54, 1.807) is 55.6 Å². The van der Waals surface area contributed by atoms with Gasteiger partial charge in [-0.05, 0) is 48.5 Å². The molecule has 160 valence electrons. The largest absolute Gasteiger partial charge is 0.497 e. The van der Waals surface area contributed by atoms with Gasteiger partial charge < -0.3 is 20.1 Å². The molecule has 3 aromatic rings. The first kappa shape index (κ1) is 22.5. The Morgan fingerprint density at radius 2 is 1.16 bits per heavy atom. The lowest BCUT2D eigenvalue weighted by molar-refractivity contribution is 0.318. The summed E-state index contributed by atoms with van der Waals surface area (Å²) in [5, 5.41) is 27.5. The number of ether oxygens (including phenoxy) is 1. The molecule has 3 aromatic carbocycles. The van der Waals surface area contributed by atoms with E-state index < -0.39 is 0 Å². The van der Waals surface area contributed by atoms with E-state index in [4.69, 9.17) is 27.9 Å². The van der Waals surface area contributed by atoms with Gasteiger partial charge in [-0.3, -0.25) is 0 Å². The van der Waals surface area contributed by atoms with Crippen molar-refractivity contribution in [3.8, 4) is 5.75 Å². The van der Waals surface area contributed by atoms with Crippen molar-refractivity contribution in [3.05, 3.63) is 94.0 Å². The quantitative estimate of drug-likeness (QED) is 0.263. The first-order valence-corrected chi connectivity index (χ1v) is 10.1. The summed E-state index contributed by atoms with van der Waals surface area (Å²) >= 11 is 12.0. The molecule has 0 aliphatic rings. The Labute approximate surface area is 190 Å². The van der Waals surface area contributed by atoms with Gasteiger partial charge in [-0.25, -0.2) is 0 Å². The molecule has 6 nitrogen and oxygen atoms in total. The van der Waals surface area contributed by atoms with Gasteiger partial charge in [0.2, 0.25) is 0 Å². The summed E-state index contributed by atoms with van der Waals surface area (Å²) in [6, 6.07) is 21.5. The van der Waals surface area contributed by atoms with Crippen LogP contribution in [0.2, 0.25) is 10.0 Å².